The van der Waals surface area contributed by atoms with Crippen LogP contribution >= 0.6 is 0 Å². The topological polar surface area (TPSA) is 41.6 Å². The van der Waals surface area contributed by atoms with E-state index < -0.39 is 0 Å². The fraction of sp³-hybridized carbons (Fsp3) is 0.111. The number of hydrogen-bond acceptors (Lipinski definition) is 2. The molecule has 2 heterocycles. The van der Waals surface area contributed by atoms with Crippen molar-refractivity contribution < 1.29 is 0 Å². The van der Waals surface area contributed by atoms with Crippen LogP contribution in [0.15, 0.2) is 30.6 Å². The Kier molecular flexibility index (Phi) is 1.63. The Morgan fingerprint density at radius 2 is 2.25 bits per heavy atom. The van der Waals surface area contributed by atoms with Crippen molar-refractivity contribution in [3.8, 4) is 11.4 Å². The van der Waals surface area contributed by atoms with Crippen LogP contribution in [0.1, 0.15) is 5.82 Å². The van der Waals surface area contributed by atoms with Crippen LogP contribution in [0.3, 0.4) is 0 Å². The normalized spacial score (nSPS) is 10.1. The maximum absolute atomic E-state index is 4.27. The third-order valence-corrected chi connectivity index (χ3v) is 1.65. The van der Waals surface area contributed by atoms with E-state index >= 15 is 0 Å². The van der Waals surface area contributed by atoms with Crippen LogP contribution in [0.5, 0.6) is 0 Å². The zero-order chi connectivity index (χ0) is 8.39. The molecular formula is C9H9N3. The van der Waals surface area contributed by atoms with Gasteiger partial charge in [0.1, 0.15) is 5.82 Å². The molecule has 0 radical (unpaired) electrons. The predicted molar refractivity (Wildman–Crippen MR) is 46.6 cm³/mol. The van der Waals surface area contributed by atoms with Crippen LogP contribution in [0.25, 0.3) is 11.4 Å². The summed E-state index contributed by atoms with van der Waals surface area (Å²) in [7, 11) is 0. The molecule has 0 atom stereocenters. The number of H-pyrrole nitrogens is 1. The average molecular weight is 159 g/mol. The van der Waals surface area contributed by atoms with Crippen molar-refractivity contribution in [2.24, 2.45) is 0 Å². The number of rotatable bonds is 1. The van der Waals surface area contributed by atoms with Gasteiger partial charge in [0.05, 0.1) is 11.4 Å². The lowest BCUT2D eigenvalue weighted by atomic mass is 10.3. The van der Waals surface area contributed by atoms with Gasteiger partial charge in [0, 0.05) is 12.4 Å². The summed E-state index contributed by atoms with van der Waals surface area (Å²) in [6, 6.07) is 5.83. The second-order valence-electron chi connectivity index (χ2n) is 2.57. The number of hydrogen-bond donors (Lipinski definition) is 1. The minimum atomic E-state index is 0.794. The predicted octanol–water partition coefficient (Wildman–Crippen LogP) is 1.78. The Morgan fingerprint density at radius 1 is 1.33 bits per heavy atom. The SMILES string of the molecule is Cc1nccc(-c2ccc[nH]2)n1. The van der Waals surface area contributed by atoms with Crippen molar-refractivity contribution in [1.29, 1.82) is 0 Å². The lowest BCUT2D eigenvalue weighted by Crippen LogP contribution is -1.89. The summed E-state index contributed by atoms with van der Waals surface area (Å²) < 4.78 is 0. The summed E-state index contributed by atoms with van der Waals surface area (Å²) >= 11 is 0. The number of nitrogens with one attached hydrogen (secondary N) is 1. The second-order valence-corrected chi connectivity index (χ2v) is 2.57. The van der Waals surface area contributed by atoms with Crippen LogP contribution in [0.2, 0.25) is 0 Å². The molecule has 3 nitrogen and oxygen atoms in total. The van der Waals surface area contributed by atoms with Gasteiger partial charge in [-0.1, -0.05) is 0 Å². The lowest BCUT2D eigenvalue weighted by molar-refractivity contribution is 1.05. The Morgan fingerprint density at radius 3 is 2.92 bits per heavy atom. The molecule has 12 heavy (non-hydrogen) atoms. The van der Waals surface area contributed by atoms with E-state index in [4.69, 9.17) is 0 Å². The maximum atomic E-state index is 4.27. The highest BCUT2D eigenvalue weighted by Gasteiger charge is 1.98. The van der Waals surface area contributed by atoms with Crippen LogP contribution in [-0.2, 0) is 0 Å². The molecule has 2 aromatic rings. The van der Waals surface area contributed by atoms with E-state index in [0.717, 1.165) is 17.2 Å². The summed E-state index contributed by atoms with van der Waals surface area (Å²) in [5.74, 6) is 0.794. The highest BCUT2D eigenvalue weighted by molar-refractivity contribution is 5.53. The van der Waals surface area contributed by atoms with E-state index in [1.54, 1.807) is 6.20 Å². The standard InChI is InChI=1S/C9H9N3/c1-7-10-6-4-9(12-7)8-3-2-5-11-8/h2-6,11H,1H3. The quantitative estimate of drug-likeness (QED) is 0.689. The van der Waals surface area contributed by atoms with Crippen molar-refractivity contribution in [2.45, 2.75) is 6.92 Å². The molecule has 0 saturated carbocycles. The third kappa shape index (κ3) is 1.21. The first-order chi connectivity index (χ1) is 5.86. The molecule has 0 aromatic carbocycles. The molecule has 0 fully saturated rings. The first-order valence-corrected chi connectivity index (χ1v) is 3.80. The maximum Gasteiger partial charge on any atom is 0.125 e. The van der Waals surface area contributed by atoms with E-state index in [1.165, 1.54) is 0 Å². The van der Waals surface area contributed by atoms with Crippen molar-refractivity contribution in [3.63, 3.8) is 0 Å². The van der Waals surface area contributed by atoms with Crippen LogP contribution in [0.4, 0.5) is 0 Å². The molecule has 0 aliphatic rings. The van der Waals surface area contributed by atoms with Gasteiger partial charge in [-0.25, -0.2) is 9.97 Å². The molecule has 0 unspecified atom stereocenters. The zero-order valence-corrected chi connectivity index (χ0v) is 6.78. The summed E-state index contributed by atoms with van der Waals surface area (Å²) in [4.78, 5) is 11.4. The van der Waals surface area contributed by atoms with E-state index in [0.29, 0.717) is 0 Å². The molecule has 0 aliphatic heterocycles. The fourth-order valence-electron chi connectivity index (χ4n) is 1.10. The monoisotopic (exact) mass is 159 g/mol. The molecule has 0 saturated heterocycles. The van der Waals surface area contributed by atoms with E-state index in [9.17, 15) is 0 Å². The number of aromatic nitrogens is 3. The Hall–Kier alpha value is -1.64. The van der Waals surface area contributed by atoms with E-state index in [-0.39, 0.29) is 0 Å². The van der Waals surface area contributed by atoms with Crippen LogP contribution in [-0.4, -0.2) is 15.0 Å². The largest absolute Gasteiger partial charge is 0.360 e. The minimum absolute atomic E-state index is 0.794. The average Bonchev–Trinajstić information content (AvgIpc) is 2.56. The zero-order valence-electron chi connectivity index (χ0n) is 6.78. The van der Waals surface area contributed by atoms with Gasteiger partial charge in [-0.05, 0) is 25.1 Å². The van der Waals surface area contributed by atoms with Gasteiger partial charge in [-0.2, -0.15) is 0 Å². The van der Waals surface area contributed by atoms with Crippen molar-refractivity contribution in [1.82, 2.24) is 15.0 Å². The molecular weight excluding hydrogens is 150 g/mol. The van der Waals surface area contributed by atoms with Crippen LogP contribution < -0.4 is 0 Å². The molecule has 0 spiro atoms. The summed E-state index contributed by atoms with van der Waals surface area (Å²) in [5, 5.41) is 0. The molecule has 3 heteroatoms. The van der Waals surface area contributed by atoms with Gasteiger partial charge < -0.3 is 4.98 Å². The Labute approximate surface area is 70.5 Å². The lowest BCUT2D eigenvalue weighted by Gasteiger charge is -1.96. The highest BCUT2D eigenvalue weighted by atomic mass is 14.9. The molecule has 1 N–H and O–H groups in total. The molecule has 60 valence electrons. The molecule has 0 aliphatic carbocycles. The van der Waals surface area contributed by atoms with Gasteiger partial charge in [0.15, 0.2) is 0 Å². The van der Waals surface area contributed by atoms with E-state index in [2.05, 4.69) is 15.0 Å². The molecule has 2 rings (SSSR count). The summed E-state index contributed by atoms with van der Waals surface area (Å²) in [6.45, 7) is 1.88. The molecule has 2 aromatic heterocycles. The minimum Gasteiger partial charge on any atom is -0.360 e. The van der Waals surface area contributed by atoms with E-state index in [1.807, 2.05) is 31.3 Å². The number of aromatic amines is 1. The Balaban J connectivity index is 2.48. The smallest absolute Gasteiger partial charge is 0.125 e. The number of aryl methyl sites for hydroxylation is 1. The third-order valence-electron chi connectivity index (χ3n) is 1.65. The summed E-state index contributed by atoms with van der Waals surface area (Å²) in [6.07, 6.45) is 3.64. The van der Waals surface area contributed by atoms with Crippen molar-refractivity contribution in [2.75, 3.05) is 0 Å². The highest BCUT2D eigenvalue weighted by Crippen LogP contribution is 2.12. The van der Waals surface area contributed by atoms with Crippen molar-refractivity contribution >= 4 is 0 Å². The molecule has 0 amide bonds. The Bertz CT molecular complexity index is 365. The first-order valence-electron chi connectivity index (χ1n) is 3.80. The van der Waals surface area contributed by atoms with Gasteiger partial charge >= 0.3 is 0 Å². The first kappa shape index (κ1) is 7.03. The van der Waals surface area contributed by atoms with Gasteiger partial charge in [0.2, 0.25) is 0 Å². The fourth-order valence-corrected chi connectivity index (χ4v) is 1.10. The van der Waals surface area contributed by atoms with Gasteiger partial charge in [-0.3, -0.25) is 0 Å². The van der Waals surface area contributed by atoms with Gasteiger partial charge in [0.25, 0.3) is 0 Å². The van der Waals surface area contributed by atoms with Crippen LogP contribution in [0, 0.1) is 6.92 Å². The molecule has 0 bridgehead atoms. The summed E-state index contributed by atoms with van der Waals surface area (Å²) in [5.41, 5.74) is 1.97. The van der Waals surface area contributed by atoms with Crippen molar-refractivity contribution in [3.05, 3.63) is 36.4 Å². The van der Waals surface area contributed by atoms with Gasteiger partial charge in [-0.15, -0.1) is 0 Å². The second kappa shape index (κ2) is 2.77. The number of nitrogens with zero attached hydrogens (tertiary/aromatic N) is 2.